The molecule has 1 aromatic carbocycles. The van der Waals surface area contributed by atoms with Gasteiger partial charge in [-0.1, -0.05) is 23.2 Å². The van der Waals surface area contributed by atoms with Gasteiger partial charge in [-0.05, 0) is 36.4 Å². The van der Waals surface area contributed by atoms with Crippen molar-refractivity contribution in [2.75, 3.05) is 6.61 Å². The number of alkyl halides is 3. The highest BCUT2D eigenvalue weighted by molar-refractivity contribution is 6.32. The van der Waals surface area contributed by atoms with Crippen LogP contribution in [0.1, 0.15) is 12.2 Å². The second-order valence-electron chi connectivity index (χ2n) is 8.55. The van der Waals surface area contributed by atoms with Gasteiger partial charge in [0, 0.05) is 23.2 Å². The molecule has 39 heavy (non-hydrogen) atoms. The first kappa shape index (κ1) is 26.8. The Labute approximate surface area is 228 Å². The van der Waals surface area contributed by atoms with Crippen molar-refractivity contribution >= 4 is 29.1 Å². The smallest absolute Gasteiger partial charge is 0.368 e. The highest BCUT2D eigenvalue weighted by Crippen LogP contribution is 2.25. The fourth-order valence-corrected chi connectivity index (χ4v) is 4.13. The van der Waals surface area contributed by atoms with E-state index < -0.39 is 36.5 Å². The summed E-state index contributed by atoms with van der Waals surface area (Å²) < 4.78 is 50.0. The number of carbonyl (C=O) groups excluding carboxylic acids is 1. The van der Waals surface area contributed by atoms with E-state index in [9.17, 15) is 22.8 Å². The zero-order valence-corrected chi connectivity index (χ0v) is 21.4. The molecular formula is C23H19Cl2F3N8O3. The van der Waals surface area contributed by atoms with E-state index in [4.69, 9.17) is 27.9 Å². The molecule has 1 aliphatic heterocycles. The average molecular weight is 583 g/mol. The monoisotopic (exact) mass is 582 g/mol. The predicted molar refractivity (Wildman–Crippen MR) is 133 cm³/mol. The normalized spacial score (nSPS) is 16.1. The number of nitrogens with one attached hydrogen (secondary N) is 1. The Morgan fingerprint density at radius 2 is 1.90 bits per heavy atom. The fourth-order valence-electron chi connectivity index (χ4n) is 3.79. The highest BCUT2D eigenvalue weighted by atomic mass is 35.5. The van der Waals surface area contributed by atoms with Gasteiger partial charge in [0.15, 0.2) is 17.5 Å². The van der Waals surface area contributed by atoms with Crippen LogP contribution in [0.2, 0.25) is 10.0 Å². The summed E-state index contributed by atoms with van der Waals surface area (Å²) >= 11 is 12.1. The zero-order valence-electron chi connectivity index (χ0n) is 19.8. The van der Waals surface area contributed by atoms with Gasteiger partial charge in [-0.15, -0.1) is 10.2 Å². The molecule has 11 nitrogen and oxygen atoms in total. The molecule has 1 amide bonds. The van der Waals surface area contributed by atoms with E-state index in [1.54, 1.807) is 12.1 Å². The van der Waals surface area contributed by atoms with E-state index in [1.807, 2.05) is 5.32 Å². The first-order chi connectivity index (χ1) is 18.6. The number of nitrogens with zero attached hydrogens (tertiary/aromatic N) is 7. The molecule has 0 saturated carbocycles. The van der Waals surface area contributed by atoms with Crippen molar-refractivity contribution in [2.24, 2.45) is 0 Å². The number of carbonyl (C=O) groups is 1. The number of hydrogen-bond acceptors (Lipinski definition) is 7. The molecule has 0 aliphatic carbocycles. The van der Waals surface area contributed by atoms with E-state index >= 15 is 0 Å². The van der Waals surface area contributed by atoms with Crippen molar-refractivity contribution in [3.05, 3.63) is 75.3 Å². The molecule has 2 unspecified atom stereocenters. The lowest BCUT2D eigenvalue weighted by Gasteiger charge is -2.29. The SMILES string of the molecule is O=C(NC(Cn1c(-c2ccc(Cl)cc2)nn(Cc2ncn(-c3ncccc3Cl)n2)c1=O)C(F)(F)F)C1CCO1. The van der Waals surface area contributed by atoms with Gasteiger partial charge in [-0.2, -0.15) is 13.2 Å². The average Bonchev–Trinajstić information content (AvgIpc) is 3.43. The lowest BCUT2D eigenvalue weighted by Crippen LogP contribution is -2.54. The second-order valence-corrected chi connectivity index (χ2v) is 9.39. The molecule has 2 atom stereocenters. The van der Waals surface area contributed by atoms with Crippen LogP contribution in [0.4, 0.5) is 13.2 Å². The maximum absolute atomic E-state index is 14.0. The molecular weight excluding hydrogens is 564 g/mol. The molecule has 204 valence electrons. The third kappa shape index (κ3) is 5.82. The first-order valence-electron chi connectivity index (χ1n) is 11.5. The van der Waals surface area contributed by atoms with Crippen LogP contribution in [-0.4, -0.2) is 64.9 Å². The van der Waals surface area contributed by atoms with Crippen molar-refractivity contribution < 1.29 is 22.7 Å². The minimum absolute atomic E-state index is 0.0627. The van der Waals surface area contributed by atoms with Crippen molar-refractivity contribution in [1.29, 1.82) is 0 Å². The minimum Gasteiger partial charge on any atom is -0.368 e. The largest absolute Gasteiger partial charge is 0.410 e. The standard InChI is InChI=1S/C23H19Cl2F3N8O3/c24-14-5-3-13(4-6-14)19-33-35(11-18-30-12-36(32-18)20-15(25)2-1-8-29-20)22(38)34(19)10-17(23(26,27)28)31-21(37)16-7-9-39-16/h1-6,8,12,16-17H,7,9-11H2,(H,31,37). The molecule has 0 radical (unpaired) electrons. The molecule has 1 aliphatic rings. The van der Waals surface area contributed by atoms with Gasteiger partial charge in [-0.3, -0.25) is 9.36 Å². The van der Waals surface area contributed by atoms with E-state index in [0.717, 1.165) is 9.25 Å². The molecule has 1 saturated heterocycles. The van der Waals surface area contributed by atoms with Gasteiger partial charge in [0.25, 0.3) is 0 Å². The Hall–Kier alpha value is -3.75. The zero-order chi connectivity index (χ0) is 27.7. The predicted octanol–water partition coefficient (Wildman–Crippen LogP) is 2.88. The van der Waals surface area contributed by atoms with Gasteiger partial charge < -0.3 is 10.1 Å². The molecule has 0 bridgehead atoms. The maximum Gasteiger partial charge on any atom is 0.410 e. The number of pyridine rings is 1. The number of aromatic nitrogens is 7. The van der Waals surface area contributed by atoms with Crippen molar-refractivity contribution in [3.8, 4) is 17.2 Å². The van der Waals surface area contributed by atoms with Crippen molar-refractivity contribution in [2.45, 2.75) is 37.8 Å². The molecule has 4 heterocycles. The lowest BCUT2D eigenvalue weighted by atomic mass is 10.1. The van der Waals surface area contributed by atoms with E-state index in [1.165, 1.54) is 41.5 Å². The summed E-state index contributed by atoms with van der Waals surface area (Å²) in [5, 5.41) is 11.2. The third-order valence-corrected chi connectivity index (χ3v) is 6.43. The maximum atomic E-state index is 14.0. The number of hydrogen-bond donors (Lipinski definition) is 1. The Morgan fingerprint density at radius 3 is 2.54 bits per heavy atom. The topological polar surface area (TPSA) is 122 Å². The Morgan fingerprint density at radius 1 is 1.15 bits per heavy atom. The first-order valence-corrected chi connectivity index (χ1v) is 12.3. The molecule has 0 spiro atoms. The molecule has 3 aromatic heterocycles. The van der Waals surface area contributed by atoms with Gasteiger partial charge in [0.2, 0.25) is 5.91 Å². The van der Waals surface area contributed by atoms with Crippen LogP contribution in [-0.2, 0) is 22.6 Å². The van der Waals surface area contributed by atoms with Gasteiger partial charge >= 0.3 is 11.9 Å². The van der Waals surface area contributed by atoms with E-state index in [0.29, 0.717) is 27.8 Å². The van der Waals surface area contributed by atoms with E-state index in [2.05, 4.69) is 20.2 Å². The number of halogens is 5. The summed E-state index contributed by atoms with van der Waals surface area (Å²) in [5.41, 5.74) is -0.529. The van der Waals surface area contributed by atoms with Gasteiger partial charge in [-0.25, -0.2) is 24.1 Å². The quantitative estimate of drug-likeness (QED) is 0.339. The van der Waals surface area contributed by atoms with Crippen LogP contribution < -0.4 is 11.0 Å². The third-order valence-electron chi connectivity index (χ3n) is 5.88. The summed E-state index contributed by atoms with van der Waals surface area (Å²) in [6.45, 7) is -0.898. The van der Waals surface area contributed by atoms with Crippen LogP contribution in [0.25, 0.3) is 17.2 Å². The van der Waals surface area contributed by atoms with Crippen molar-refractivity contribution in [1.82, 2.24) is 39.4 Å². The fraction of sp³-hybridized carbons (Fsp3) is 0.304. The Balaban J connectivity index is 1.49. The Kier molecular flexibility index (Phi) is 7.42. The van der Waals surface area contributed by atoms with Gasteiger partial charge in [0.05, 0.1) is 18.2 Å². The Bertz CT molecular complexity index is 1550. The molecule has 4 aromatic rings. The number of ether oxygens (including phenoxy) is 1. The van der Waals surface area contributed by atoms with E-state index in [-0.39, 0.29) is 24.8 Å². The summed E-state index contributed by atoms with van der Waals surface area (Å²) in [6, 6.07) is 6.95. The van der Waals surface area contributed by atoms with Crippen LogP contribution in [0.5, 0.6) is 0 Å². The van der Waals surface area contributed by atoms with Crippen LogP contribution in [0.15, 0.2) is 53.7 Å². The summed E-state index contributed by atoms with van der Waals surface area (Å²) in [5.74, 6) is -0.530. The minimum atomic E-state index is -4.86. The lowest BCUT2D eigenvalue weighted by molar-refractivity contribution is -0.172. The molecule has 16 heteroatoms. The van der Waals surface area contributed by atoms with Crippen molar-refractivity contribution in [3.63, 3.8) is 0 Å². The number of amides is 1. The van der Waals surface area contributed by atoms with Crippen LogP contribution >= 0.6 is 23.2 Å². The van der Waals surface area contributed by atoms with Gasteiger partial charge in [0.1, 0.15) is 25.0 Å². The van der Waals surface area contributed by atoms with Crippen LogP contribution in [0.3, 0.4) is 0 Å². The van der Waals surface area contributed by atoms with Crippen LogP contribution in [0, 0.1) is 0 Å². The highest BCUT2D eigenvalue weighted by Gasteiger charge is 2.43. The molecule has 1 N–H and O–H groups in total. The number of benzene rings is 1. The summed E-state index contributed by atoms with van der Waals surface area (Å²) in [4.78, 5) is 33.9. The summed E-state index contributed by atoms with van der Waals surface area (Å²) in [6.07, 6.45) is -2.66. The summed E-state index contributed by atoms with van der Waals surface area (Å²) in [7, 11) is 0. The number of rotatable bonds is 8. The molecule has 1 fully saturated rings. The molecule has 5 rings (SSSR count). The second kappa shape index (κ2) is 10.8.